The molecule has 3 heteroatoms. The Bertz CT molecular complexity index is 298. The van der Waals surface area contributed by atoms with Crippen LogP contribution in [0.4, 0.5) is 5.69 Å². The van der Waals surface area contributed by atoms with Gasteiger partial charge >= 0.3 is 0 Å². The van der Waals surface area contributed by atoms with E-state index in [9.17, 15) is 0 Å². The molecule has 0 spiro atoms. The van der Waals surface area contributed by atoms with Crippen molar-refractivity contribution in [1.82, 2.24) is 9.78 Å². The predicted molar refractivity (Wildman–Crippen MR) is 67.6 cm³/mol. The molecule has 0 atom stereocenters. The normalized spacial score (nSPS) is 18.3. The molecule has 0 bridgehead atoms. The average Bonchev–Trinajstić information content (AvgIpc) is 2.56. The van der Waals surface area contributed by atoms with Gasteiger partial charge in [0.2, 0.25) is 0 Å². The van der Waals surface area contributed by atoms with Crippen LogP contribution < -0.4 is 5.32 Å². The van der Waals surface area contributed by atoms with Crippen LogP contribution in [0.5, 0.6) is 0 Å². The molecule has 16 heavy (non-hydrogen) atoms. The highest BCUT2D eigenvalue weighted by molar-refractivity contribution is 5.39. The highest BCUT2D eigenvalue weighted by Crippen LogP contribution is 2.20. The van der Waals surface area contributed by atoms with Crippen molar-refractivity contribution in [3.8, 4) is 0 Å². The molecule has 90 valence electrons. The summed E-state index contributed by atoms with van der Waals surface area (Å²) < 4.78 is 2.03. The lowest BCUT2D eigenvalue weighted by Crippen LogP contribution is -2.17. The van der Waals surface area contributed by atoms with Crippen molar-refractivity contribution in [2.75, 3.05) is 5.32 Å². The molecule has 1 aromatic rings. The summed E-state index contributed by atoms with van der Waals surface area (Å²) in [5.74, 6) is 0. The van der Waals surface area contributed by atoms with Crippen LogP contribution in [0.2, 0.25) is 0 Å². The third kappa shape index (κ3) is 3.26. The number of aryl methyl sites for hydroxylation is 1. The van der Waals surface area contributed by atoms with E-state index in [0.717, 1.165) is 13.0 Å². The first-order valence-corrected chi connectivity index (χ1v) is 6.67. The summed E-state index contributed by atoms with van der Waals surface area (Å²) in [7, 11) is 0. The molecule has 1 heterocycles. The largest absolute Gasteiger partial charge is 0.380 e. The van der Waals surface area contributed by atoms with E-state index in [1.807, 2.05) is 10.9 Å². The molecule has 0 aromatic carbocycles. The average molecular weight is 221 g/mol. The Morgan fingerprint density at radius 1 is 1.31 bits per heavy atom. The number of anilines is 1. The quantitative estimate of drug-likeness (QED) is 0.789. The summed E-state index contributed by atoms with van der Waals surface area (Å²) in [5.41, 5.74) is 1.19. The molecule has 0 radical (unpaired) electrons. The lowest BCUT2D eigenvalue weighted by molar-refractivity contribution is 0.601. The number of aromatic nitrogens is 2. The van der Waals surface area contributed by atoms with Gasteiger partial charge in [0, 0.05) is 18.8 Å². The summed E-state index contributed by atoms with van der Waals surface area (Å²) >= 11 is 0. The standard InChI is InChI=1S/C13H23N3/c1-2-9-16-11-13(10-14-16)15-12-7-5-3-4-6-8-12/h10-12,15H,2-9H2,1H3. The van der Waals surface area contributed by atoms with Gasteiger partial charge in [-0.1, -0.05) is 32.6 Å². The van der Waals surface area contributed by atoms with Gasteiger partial charge in [0.1, 0.15) is 0 Å². The van der Waals surface area contributed by atoms with Crippen LogP contribution in [-0.2, 0) is 6.54 Å². The van der Waals surface area contributed by atoms with Crippen molar-refractivity contribution < 1.29 is 0 Å². The van der Waals surface area contributed by atoms with E-state index >= 15 is 0 Å². The monoisotopic (exact) mass is 221 g/mol. The van der Waals surface area contributed by atoms with Crippen LogP contribution in [0, 0.1) is 0 Å². The van der Waals surface area contributed by atoms with Crippen molar-refractivity contribution in [2.45, 2.75) is 64.5 Å². The van der Waals surface area contributed by atoms with Crippen LogP contribution in [-0.4, -0.2) is 15.8 Å². The minimum atomic E-state index is 0.668. The summed E-state index contributed by atoms with van der Waals surface area (Å²) in [6.07, 6.45) is 13.4. The van der Waals surface area contributed by atoms with Crippen molar-refractivity contribution in [3.05, 3.63) is 12.4 Å². The molecule has 3 nitrogen and oxygen atoms in total. The van der Waals surface area contributed by atoms with Gasteiger partial charge in [-0.05, 0) is 19.3 Å². The summed E-state index contributed by atoms with van der Waals surface area (Å²) in [5, 5.41) is 7.97. The van der Waals surface area contributed by atoms with Gasteiger partial charge in [-0.2, -0.15) is 5.10 Å². The molecule has 1 N–H and O–H groups in total. The molecule has 0 unspecified atom stereocenters. The van der Waals surface area contributed by atoms with Gasteiger partial charge in [0.25, 0.3) is 0 Å². The zero-order chi connectivity index (χ0) is 11.2. The molecule has 1 fully saturated rings. The maximum Gasteiger partial charge on any atom is 0.0728 e. The van der Waals surface area contributed by atoms with Crippen LogP contribution in [0.25, 0.3) is 0 Å². The molecule has 0 amide bonds. The van der Waals surface area contributed by atoms with Crippen LogP contribution in [0.1, 0.15) is 51.9 Å². The molecule has 1 saturated carbocycles. The van der Waals surface area contributed by atoms with Crippen LogP contribution in [0.15, 0.2) is 12.4 Å². The van der Waals surface area contributed by atoms with Crippen molar-refractivity contribution in [3.63, 3.8) is 0 Å². The SMILES string of the molecule is CCCn1cc(NC2CCCCCC2)cn1. The molecule has 1 aliphatic carbocycles. The first-order chi connectivity index (χ1) is 7.88. The fourth-order valence-electron chi connectivity index (χ4n) is 2.45. The second-order valence-electron chi connectivity index (χ2n) is 4.82. The Morgan fingerprint density at radius 3 is 2.75 bits per heavy atom. The zero-order valence-corrected chi connectivity index (χ0v) is 10.3. The van der Waals surface area contributed by atoms with E-state index < -0.39 is 0 Å². The van der Waals surface area contributed by atoms with E-state index in [1.54, 1.807) is 0 Å². The number of rotatable bonds is 4. The van der Waals surface area contributed by atoms with Crippen molar-refractivity contribution in [1.29, 1.82) is 0 Å². The lowest BCUT2D eigenvalue weighted by atomic mass is 10.1. The molecule has 2 rings (SSSR count). The fourth-order valence-corrected chi connectivity index (χ4v) is 2.45. The van der Waals surface area contributed by atoms with E-state index in [-0.39, 0.29) is 0 Å². The molecule has 0 aliphatic heterocycles. The van der Waals surface area contributed by atoms with Gasteiger partial charge in [-0.25, -0.2) is 0 Å². The number of nitrogens with one attached hydrogen (secondary N) is 1. The summed E-state index contributed by atoms with van der Waals surface area (Å²) in [6.45, 7) is 3.20. The Morgan fingerprint density at radius 2 is 2.06 bits per heavy atom. The lowest BCUT2D eigenvalue weighted by Gasteiger charge is -2.15. The topological polar surface area (TPSA) is 29.9 Å². The minimum Gasteiger partial charge on any atom is -0.380 e. The van der Waals surface area contributed by atoms with Crippen molar-refractivity contribution in [2.24, 2.45) is 0 Å². The van der Waals surface area contributed by atoms with E-state index in [4.69, 9.17) is 0 Å². The number of nitrogens with zero attached hydrogens (tertiary/aromatic N) is 2. The highest BCUT2D eigenvalue weighted by atomic mass is 15.3. The molecular weight excluding hydrogens is 198 g/mol. The van der Waals surface area contributed by atoms with Gasteiger partial charge in [0.15, 0.2) is 0 Å². The highest BCUT2D eigenvalue weighted by Gasteiger charge is 2.12. The molecular formula is C13H23N3. The Labute approximate surface area is 98.2 Å². The Balaban J connectivity index is 1.86. The summed E-state index contributed by atoms with van der Waals surface area (Å²) in [6, 6.07) is 0.668. The zero-order valence-electron chi connectivity index (χ0n) is 10.3. The first kappa shape index (κ1) is 11.5. The third-order valence-corrected chi connectivity index (χ3v) is 3.31. The van der Waals surface area contributed by atoms with Gasteiger partial charge in [-0.3, -0.25) is 4.68 Å². The first-order valence-electron chi connectivity index (χ1n) is 6.67. The number of hydrogen-bond donors (Lipinski definition) is 1. The van der Waals surface area contributed by atoms with Gasteiger partial charge in [-0.15, -0.1) is 0 Å². The second kappa shape index (κ2) is 5.92. The molecule has 1 aliphatic rings. The minimum absolute atomic E-state index is 0.668. The van der Waals surface area contributed by atoms with Crippen LogP contribution in [0.3, 0.4) is 0 Å². The van der Waals surface area contributed by atoms with Gasteiger partial charge in [0.05, 0.1) is 11.9 Å². The molecule has 1 aromatic heterocycles. The van der Waals surface area contributed by atoms with Crippen molar-refractivity contribution >= 4 is 5.69 Å². The fraction of sp³-hybridized carbons (Fsp3) is 0.769. The summed E-state index contributed by atoms with van der Waals surface area (Å²) in [4.78, 5) is 0. The van der Waals surface area contributed by atoms with Crippen LogP contribution >= 0.6 is 0 Å². The smallest absolute Gasteiger partial charge is 0.0728 e. The molecule has 0 saturated heterocycles. The second-order valence-corrected chi connectivity index (χ2v) is 4.82. The maximum absolute atomic E-state index is 4.35. The van der Waals surface area contributed by atoms with E-state index in [0.29, 0.717) is 6.04 Å². The Hall–Kier alpha value is -0.990. The predicted octanol–water partition coefficient (Wildman–Crippen LogP) is 3.43. The third-order valence-electron chi connectivity index (χ3n) is 3.31. The van der Waals surface area contributed by atoms with E-state index in [2.05, 4.69) is 23.5 Å². The maximum atomic E-state index is 4.35. The van der Waals surface area contributed by atoms with E-state index in [1.165, 1.54) is 44.2 Å². The number of hydrogen-bond acceptors (Lipinski definition) is 2. The Kier molecular flexibility index (Phi) is 4.25. The van der Waals surface area contributed by atoms with Gasteiger partial charge < -0.3 is 5.32 Å².